The molecular formula is C24H28BrClN2O3. The number of nitrogens with one attached hydrogen (secondary N) is 1. The molecule has 2 aromatic rings. The van der Waals surface area contributed by atoms with Crippen LogP contribution in [0.4, 0.5) is 0 Å². The van der Waals surface area contributed by atoms with Gasteiger partial charge < -0.3 is 4.74 Å². The van der Waals surface area contributed by atoms with E-state index in [-0.39, 0.29) is 5.91 Å². The molecule has 0 aliphatic heterocycles. The molecule has 1 amide bonds. The van der Waals surface area contributed by atoms with E-state index in [9.17, 15) is 9.59 Å². The van der Waals surface area contributed by atoms with Gasteiger partial charge in [0.25, 0.3) is 0 Å². The number of hydrazone groups is 1. The van der Waals surface area contributed by atoms with Crippen LogP contribution in [0, 0.1) is 0 Å². The van der Waals surface area contributed by atoms with Gasteiger partial charge in [0, 0.05) is 21.5 Å². The van der Waals surface area contributed by atoms with Crippen LogP contribution in [0.15, 0.2) is 52.0 Å². The maximum Gasteiger partial charge on any atom is 0.343 e. The van der Waals surface area contributed by atoms with Crippen LogP contribution in [0.3, 0.4) is 0 Å². The fraction of sp³-hybridized carbons (Fsp3) is 0.375. The van der Waals surface area contributed by atoms with E-state index < -0.39 is 5.97 Å². The van der Waals surface area contributed by atoms with Crippen molar-refractivity contribution in [1.82, 2.24) is 5.43 Å². The minimum Gasteiger partial charge on any atom is -0.422 e. The summed E-state index contributed by atoms with van der Waals surface area (Å²) in [5.74, 6) is -0.288. The normalized spacial score (nSPS) is 10.9. The van der Waals surface area contributed by atoms with Crippen molar-refractivity contribution in [2.75, 3.05) is 0 Å². The quantitative estimate of drug-likeness (QED) is 0.112. The lowest BCUT2D eigenvalue weighted by molar-refractivity contribution is -0.121. The van der Waals surface area contributed by atoms with Crippen LogP contribution in [0.5, 0.6) is 5.75 Å². The molecule has 0 atom stereocenters. The molecule has 0 spiro atoms. The molecule has 0 unspecified atom stereocenters. The number of halogens is 2. The first-order valence-electron chi connectivity index (χ1n) is 10.6. The summed E-state index contributed by atoms with van der Waals surface area (Å²) in [6.45, 7) is 2.20. The summed E-state index contributed by atoms with van der Waals surface area (Å²) in [5, 5.41) is 4.56. The Balaban J connectivity index is 1.86. The predicted octanol–water partition coefficient (Wildman–Crippen LogP) is 6.91. The second kappa shape index (κ2) is 14.0. The maximum atomic E-state index is 12.4. The minimum absolute atomic E-state index is 0.125. The average Bonchev–Trinajstić information content (AvgIpc) is 2.75. The van der Waals surface area contributed by atoms with Crippen LogP contribution >= 0.6 is 27.5 Å². The lowest BCUT2D eigenvalue weighted by Gasteiger charge is -2.08. The van der Waals surface area contributed by atoms with Crippen LogP contribution < -0.4 is 10.2 Å². The molecule has 2 aromatic carbocycles. The number of amides is 1. The Hall–Kier alpha value is -2.18. The van der Waals surface area contributed by atoms with Gasteiger partial charge in [-0.3, -0.25) is 4.79 Å². The van der Waals surface area contributed by atoms with E-state index in [2.05, 4.69) is 33.4 Å². The van der Waals surface area contributed by atoms with Crippen LogP contribution in [-0.2, 0) is 4.79 Å². The molecule has 0 heterocycles. The van der Waals surface area contributed by atoms with E-state index >= 15 is 0 Å². The number of esters is 1. The van der Waals surface area contributed by atoms with Gasteiger partial charge in [-0.05, 0) is 48.9 Å². The number of hydrogen-bond acceptors (Lipinski definition) is 4. The number of carbonyl (C=O) groups excluding carboxylic acids is 2. The Bertz CT molecular complexity index is 885. The highest BCUT2D eigenvalue weighted by molar-refractivity contribution is 9.10. The summed E-state index contributed by atoms with van der Waals surface area (Å²) < 4.78 is 6.30. The highest BCUT2D eigenvalue weighted by Gasteiger charge is 2.11. The third kappa shape index (κ3) is 9.66. The molecule has 0 aliphatic carbocycles. The second-order valence-electron chi connectivity index (χ2n) is 7.24. The smallest absolute Gasteiger partial charge is 0.343 e. The van der Waals surface area contributed by atoms with Crippen molar-refractivity contribution in [1.29, 1.82) is 0 Å². The average molecular weight is 508 g/mol. The number of carbonyl (C=O) groups is 2. The molecule has 5 nitrogen and oxygen atoms in total. The van der Waals surface area contributed by atoms with Gasteiger partial charge in [0.05, 0.1) is 11.8 Å². The lowest BCUT2D eigenvalue weighted by Crippen LogP contribution is -2.17. The fourth-order valence-corrected chi connectivity index (χ4v) is 3.44. The topological polar surface area (TPSA) is 67.8 Å². The third-order valence-corrected chi connectivity index (χ3v) is 5.40. The Morgan fingerprint density at radius 1 is 1.03 bits per heavy atom. The van der Waals surface area contributed by atoms with Crippen LogP contribution in [0.25, 0.3) is 0 Å². The maximum absolute atomic E-state index is 12.4. The second-order valence-corrected chi connectivity index (χ2v) is 8.60. The number of ether oxygens (including phenoxy) is 1. The summed E-state index contributed by atoms with van der Waals surface area (Å²) in [7, 11) is 0. The van der Waals surface area contributed by atoms with E-state index in [1.807, 2.05) is 0 Å². The van der Waals surface area contributed by atoms with Gasteiger partial charge in [0.1, 0.15) is 5.75 Å². The van der Waals surface area contributed by atoms with Crippen LogP contribution in [0.2, 0.25) is 5.02 Å². The summed E-state index contributed by atoms with van der Waals surface area (Å²) in [6, 6.07) is 11.6. The van der Waals surface area contributed by atoms with Crippen molar-refractivity contribution in [3.63, 3.8) is 0 Å². The van der Waals surface area contributed by atoms with E-state index in [1.165, 1.54) is 31.9 Å². The molecule has 31 heavy (non-hydrogen) atoms. The minimum atomic E-state index is -0.503. The Morgan fingerprint density at radius 3 is 2.42 bits per heavy atom. The Labute approximate surface area is 197 Å². The third-order valence-electron chi connectivity index (χ3n) is 4.65. The van der Waals surface area contributed by atoms with Crippen molar-refractivity contribution < 1.29 is 14.3 Å². The summed E-state index contributed by atoms with van der Waals surface area (Å²) in [4.78, 5) is 24.4. The number of unbranched alkanes of at least 4 members (excludes halogenated alkanes) is 6. The molecule has 0 bridgehead atoms. The molecule has 1 N–H and O–H groups in total. The number of hydrogen-bond donors (Lipinski definition) is 1. The van der Waals surface area contributed by atoms with Gasteiger partial charge in [-0.15, -0.1) is 0 Å². The van der Waals surface area contributed by atoms with Gasteiger partial charge in [0.15, 0.2) is 0 Å². The SMILES string of the molecule is CCCCCCCCCC(=O)NN=Cc1cc(Br)ccc1OC(=O)c1ccc(Cl)cc1. The monoisotopic (exact) mass is 506 g/mol. The van der Waals surface area contributed by atoms with Gasteiger partial charge in [-0.1, -0.05) is 73.0 Å². The first kappa shape index (κ1) is 25.1. The highest BCUT2D eigenvalue weighted by atomic mass is 79.9. The molecule has 0 aromatic heterocycles. The van der Waals surface area contributed by atoms with Crippen LogP contribution in [0.1, 0.15) is 74.2 Å². The van der Waals surface area contributed by atoms with E-state index in [0.717, 1.165) is 23.7 Å². The molecule has 2 rings (SSSR count). The number of rotatable bonds is 12. The zero-order valence-corrected chi connectivity index (χ0v) is 20.0. The number of nitrogens with zero attached hydrogens (tertiary/aromatic N) is 1. The molecular weight excluding hydrogens is 480 g/mol. The Morgan fingerprint density at radius 2 is 1.71 bits per heavy atom. The van der Waals surface area contributed by atoms with Crippen molar-refractivity contribution in [2.24, 2.45) is 5.10 Å². The Kier molecular flexibility index (Phi) is 11.3. The van der Waals surface area contributed by atoms with Crippen molar-refractivity contribution in [3.05, 3.63) is 63.1 Å². The molecule has 0 saturated carbocycles. The van der Waals surface area contributed by atoms with Crippen molar-refractivity contribution >= 4 is 45.6 Å². The van der Waals surface area contributed by atoms with Gasteiger partial charge >= 0.3 is 5.97 Å². The molecule has 7 heteroatoms. The summed E-state index contributed by atoms with van der Waals surface area (Å²) in [6.07, 6.45) is 10.0. The van der Waals surface area contributed by atoms with Crippen molar-refractivity contribution in [3.8, 4) is 5.75 Å². The lowest BCUT2D eigenvalue weighted by atomic mass is 10.1. The fourth-order valence-electron chi connectivity index (χ4n) is 2.93. The van der Waals surface area contributed by atoms with Gasteiger partial charge in [-0.25, -0.2) is 10.2 Å². The summed E-state index contributed by atoms with van der Waals surface area (Å²) in [5.41, 5.74) is 3.49. The van der Waals surface area contributed by atoms with Crippen LogP contribution in [-0.4, -0.2) is 18.1 Å². The first-order valence-corrected chi connectivity index (χ1v) is 11.8. The first-order chi connectivity index (χ1) is 15.0. The van der Waals surface area contributed by atoms with Crippen molar-refractivity contribution in [2.45, 2.75) is 58.3 Å². The standard InChI is InChI=1S/C24H28BrClN2O3/c1-2-3-4-5-6-7-8-9-23(29)28-27-17-19-16-20(25)12-15-22(19)31-24(30)18-10-13-21(26)14-11-18/h10-17H,2-9H2,1H3,(H,28,29). The summed E-state index contributed by atoms with van der Waals surface area (Å²) >= 11 is 9.25. The van der Waals surface area contributed by atoms with E-state index in [4.69, 9.17) is 16.3 Å². The highest BCUT2D eigenvalue weighted by Crippen LogP contribution is 2.23. The predicted molar refractivity (Wildman–Crippen MR) is 129 cm³/mol. The van der Waals surface area contributed by atoms with E-state index in [0.29, 0.717) is 28.3 Å². The zero-order valence-electron chi connectivity index (χ0n) is 17.7. The largest absolute Gasteiger partial charge is 0.422 e. The molecule has 0 saturated heterocycles. The molecule has 0 aliphatic rings. The van der Waals surface area contributed by atoms with E-state index in [1.54, 1.807) is 42.5 Å². The van der Waals surface area contributed by atoms with Gasteiger partial charge in [0.2, 0.25) is 5.91 Å². The number of benzene rings is 2. The van der Waals surface area contributed by atoms with Gasteiger partial charge in [-0.2, -0.15) is 5.10 Å². The molecule has 0 fully saturated rings. The zero-order chi connectivity index (χ0) is 22.5. The molecule has 0 radical (unpaired) electrons. The molecule has 166 valence electrons.